The van der Waals surface area contributed by atoms with Crippen molar-refractivity contribution in [2.75, 3.05) is 14.7 Å². The minimum atomic E-state index is 0.843. The molecular weight excluding hydrogens is 683 g/mol. The average Bonchev–Trinajstić information content (AvgIpc) is 3.65. The first-order valence-corrected chi connectivity index (χ1v) is 18.9. The van der Waals surface area contributed by atoms with Gasteiger partial charge in [-0.2, -0.15) is 0 Å². The average molecular weight is 720 g/mol. The molecule has 1 aromatic heterocycles. The summed E-state index contributed by atoms with van der Waals surface area (Å²) in [6.07, 6.45) is 0. The van der Waals surface area contributed by atoms with Gasteiger partial charge in [-0.25, -0.2) is 0 Å². The van der Waals surface area contributed by atoms with Crippen molar-refractivity contribution in [3.05, 3.63) is 224 Å². The van der Waals surface area contributed by atoms with Crippen LogP contribution in [-0.4, -0.2) is 0 Å². The van der Waals surface area contributed by atoms with Crippen LogP contribution in [0.3, 0.4) is 0 Å². The second-order valence-corrected chi connectivity index (χ2v) is 13.8. The first kappa shape index (κ1) is 33.0. The molecule has 10 aromatic rings. The second-order valence-electron chi connectivity index (χ2n) is 13.8. The van der Waals surface area contributed by atoms with Crippen molar-refractivity contribution in [1.82, 2.24) is 0 Å². The molecule has 0 aliphatic heterocycles. The summed E-state index contributed by atoms with van der Waals surface area (Å²) in [4.78, 5) is 6.98. The van der Waals surface area contributed by atoms with Crippen molar-refractivity contribution >= 4 is 83.9 Å². The third-order valence-electron chi connectivity index (χ3n) is 10.4. The van der Waals surface area contributed by atoms with Crippen molar-refractivity contribution in [2.24, 2.45) is 0 Å². The lowest BCUT2D eigenvalue weighted by atomic mass is 10.0. The van der Waals surface area contributed by atoms with Crippen molar-refractivity contribution in [3.8, 4) is 0 Å². The minimum Gasteiger partial charge on any atom is -0.455 e. The Morgan fingerprint density at radius 3 is 1.07 bits per heavy atom. The Morgan fingerprint density at radius 2 is 0.625 bits per heavy atom. The van der Waals surface area contributed by atoms with E-state index >= 15 is 0 Å². The summed E-state index contributed by atoms with van der Waals surface area (Å²) in [5.74, 6) is 0. The van der Waals surface area contributed by atoms with E-state index in [1.54, 1.807) is 0 Å². The fraction of sp³-hybridized carbons (Fsp3) is 0. The number of nitrogens with zero attached hydrogens (tertiary/aromatic N) is 3. The highest BCUT2D eigenvalue weighted by atomic mass is 16.3. The molecule has 0 radical (unpaired) electrons. The van der Waals surface area contributed by atoms with Crippen molar-refractivity contribution in [3.63, 3.8) is 0 Å². The van der Waals surface area contributed by atoms with Gasteiger partial charge in [0.05, 0.1) is 5.69 Å². The maximum atomic E-state index is 6.95. The van der Waals surface area contributed by atoms with Gasteiger partial charge in [-0.05, 0) is 109 Å². The maximum Gasteiger partial charge on any atom is 0.143 e. The molecule has 0 aliphatic rings. The van der Waals surface area contributed by atoms with E-state index in [-0.39, 0.29) is 0 Å². The molecule has 0 saturated carbocycles. The molecule has 9 aromatic carbocycles. The van der Waals surface area contributed by atoms with Crippen LogP contribution in [0.15, 0.2) is 229 Å². The zero-order valence-corrected chi connectivity index (χ0v) is 30.6. The summed E-state index contributed by atoms with van der Waals surface area (Å²) in [6, 6.07) is 79.0. The third kappa shape index (κ3) is 6.00. The number of para-hydroxylation sites is 6. The quantitative estimate of drug-likeness (QED) is 0.148. The molecule has 0 unspecified atom stereocenters. The van der Waals surface area contributed by atoms with Crippen LogP contribution in [0.5, 0.6) is 0 Å². The molecule has 0 saturated heterocycles. The molecule has 0 aliphatic carbocycles. The molecule has 1 heterocycles. The first-order valence-electron chi connectivity index (χ1n) is 18.9. The van der Waals surface area contributed by atoms with E-state index < -0.39 is 0 Å². The zero-order valence-electron chi connectivity index (χ0n) is 30.6. The van der Waals surface area contributed by atoms with Gasteiger partial charge in [0.15, 0.2) is 0 Å². The first-order chi connectivity index (χ1) is 27.8. The monoisotopic (exact) mass is 719 g/mol. The number of furan rings is 1. The Hall–Kier alpha value is -7.56. The lowest BCUT2D eigenvalue weighted by Crippen LogP contribution is -2.13. The van der Waals surface area contributed by atoms with E-state index in [0.29, 0.717) is 0 Å². The van der Waals surface area contributed by atoms with Crippen molar-refractivity contribution in [1.29, 1.82) is 0 Å². The fourth-order valence-electron chi connectivity index (χ4n) is 7.86. The predicted octanol–water partition coefficient (Wildman–Crippen LogP) is 15.1. The Balaban J connectivity index is 1.25. The number of hydrogen-bond acceptors (Lipinski definition) is 4. The van der Waals surface area contributed by atoms with Crippen LogP contribution in [0, 0.1) is 0 Å². The maximum absolute atomic E-state index is 6.95. The molecule has 0 spiro atoms. The summed E-state index contributed by atoms with van der Waals surface area (Å²) in [6.45, 7) is 0. The van der Waals surface area contributed by atoms with Gasteiger partial charge in [0.25, 0.3) is 0 Å². The van der Waals surface area contributed by atoms with Gasteiger partial charge < -0.3 is 19.1 Å². The number of rotatable bonds is 9. The highest BCUT2D eigenvalue weighted by Gasteiger charge is 2.23. The van der Waals surface area contributed by atoms with Gasteiger partial charge in [0.1, 0.15) is 11.2 Å². The van der Waals surface area contributed by atoms with Crippen LogP contribution in [-0.2, 0) is 0 Å². The molecule has 0 fully saturated rings. The molecule has 4 heteroatoms. The second kappa shape index (κ2) is 14.3. The standard InChI is InChI=1S/C52H37N3O/c1-7-19-38(20-8-1)53(39-21-9-2-10-22-39)44-31-34-51-48(35-44)47-33-32-46-49(52(47)56-51)36-45(54(40-23-11-3-12-24-40)41-25-13-4-14-26-41)37-50(46)55(42-27-15-5-16-28-42)43-29-17-6-18-30-43/h1-37H. The van der Waals surface area contributed by atoms with Crippen molar-refractivity contribution < 1.29 is 4.42 Å². The van der Waals surface area contributed by atoms with Gasteiger partial charge in [-0.3, -0.25) is 0 Å². The van der Waals surface area contributed by atoms with E-state index in [4.69, 9.17) is 4.42 Å². The Kier molecular flexibility index (Phi) is 8.47. The number of fused-ring (bicyclic) bond motifs is 5. The van der Waals surface area contributed by atoms with Crippen LogP contribution in [0.2, 0.25) is 0 Å². The van der Waals surface area contributed by atoms with Crippen LogP contribution >= 0.6 is 0 Å². The zero-order chi connectivity index (χ0) is 37.3. The lowest BCUT2D eigenvalue weighted by molar-refractivity contribution is 0.672. The van der Waals surface area contributed by atoms with Crippen LogP contribution in [0.4, 0.5) is 51.2 Å². The highest BCUT2D eigenvalue weighted by Crippen LogP contribution is 2.47. The molecular formula is C52H37N3O. The van der Waals surface area contributed by atoms with Gasteiger partial charge in [0.2, 0.25) is 0 Å². The van der Waals surface area contributed by atoms with E-state index in [9.17, 15) is 0 Å². The molecule has 4 nitrogen and oxygen atoms in total. The normalized spacial score (nSPS) is 11.2. The molecule has 0 bridgehead atoms. The van der Waals surface area contributed by atoms with E-state index in [1.165, 1.54) is 0 Å². The number of hydrogen-bond donors (Lipinski definition) is 0. The van der Waals surface area contributed by atoms with Gasteiger partial charge in [-0.15, -0.1) is 0 Å². The van der Waals surface area contributed by atoms with Crippen LogP contribution < -0.4 is 14.7 Å². The number of benzene rings is 9. The molecule has 266 valence electrons. The van der Waals surface area contributed by atoms with Gasteiger partial charge >= 0.3 is 0 Å². The minimum absolute atomic E-state index is 0.843. The molecule has 0 amide bonds. The molecule has 10 rings (SSSR count). The SMILES string of the molecule is c1ccc(N(c2ccccc2)c2ccc3oc4c5cc(N(c6ccccc6)c6ccccc6)cc(N(c6ccccc6)c6ccccc6)c5ccc4c3c2)cc1. The largest absolute Gasteiger partial charge is 0.455 e. The van der Waals surface area contributed by atoms with Gasteiger partial charge in [-0.1, -0.05) is 115 Å². The summed E-state index contributed by atoms with van der Waals surface area (Å²) < 4.78 is 6.95. The van der Waals surface area contributed by atoms with Crippen molar-refractivity contribution in [2.45, 2.75) is 0 Å². The molecule has 0 N–H and O–H groups in total. The number of anilines is 9. The van der Waals surface area contributed by atoms with E-state index in [1.807, 2.05) is 0 Å². The van der Waals surface area contributed by atoms with E-state index in [2.05, 4.69) is 239 Å². The summed E-state index contributed by atoms with van der Waals surface area (Å²) in [5.41, 5.74) is 11.3. The Bertz CT molecular complexity index is 2780. The summed E-state index contributed by atoms with van der Waals surface area (Å²) in [5, 5.41) is 4.25. The molecule has 56 heavy (non-hydrogen) atoms. The third-order valence-corrected chi connectivity index (χ3v) is 10.4. The Morgan fingerprint density at radius 1 is 0.250 bits per heavy atom. The topological polar surface area (TPSA) is 22.9 Å². The Labute approximate surface area is 326 Å². The van der Waals surface area contributed by atoms with E-state index in [0.717, 1.165) is 83.9 Å². The predicted molar refractivity (Wildman–Crippen MR) is 235 cm³/mol. The van der Waals surface area contributed by atoms with Crippen LogP contribution in [0.25, 0.3) is 32.7 Å². The fourth-order valence-corrected chi connectivity index (χ4v) is 7.86. The van der Waals surface area contributed by atoms with Gasteiger partial charge in [0, 0.05) is 67.0 Å². The van der Waals surface area contributed by atoms with Crippen LogP contribution in [0.1, 0.15) is 0 Å². The smallest absolute Gasteiger partial charge is 0.143 e. The summed E-state index contributed by atoms with van der Waals surface area (Å²) in [7, 11) is 0. The molecule has 0 atom stereocenters. The lowest BCUT2D eigenvalue weighted by Gasteiger charge is -2.30. The summed E-state index contributed by atoms with van der Waals surface area (Å²) >= 11 is 0. The highest BCUT2D eigenvalue weighted by molar-refractivity contribution is 6.19.